The second-order valence-corrected chi connectivity index (χ2v) is 6.11. The minimum atomic E-state index is -0.272. The van der Waals surface area contributed by atoms with Gasteiger partial charge in [0.15, 0.2) is 0 Å². The van der Waals surface area contributed by atoms with Gasteiger partial charge in [-0.2, -0.15) is 0 Å². The molecule has 1 aromatic carbocycles. The van der Waals surface area contributed by atoms with E-state index in [-0.39, 0.29) is 5.97 Å². The number of benzene rings is 1. The van der Waals surface area contributed by atoms with Gasteiger partial charge in [0, 0.05) is 0 Å². The maximum Gasteiger partial charge on any atom is 0.343 e. The molecular formula is C21H32O2. The smallest absolute Gasteiger partial charge is 0.343 e. The molecule has 1 rings (SSSR count). The summed E-state index contributed by atoms with van der Waals surface area (Å²) in [6, 6.07) is 4.09. The van der Waals surface area contributed by atoms with E-state index < -0.39 is 0 Å². The first kappa shape index (κ1) is 19.5. The maximum absolute atomic E-state index is 12.3. The van der Waals surface area contributed by atoms with Crippen LogP contribution in [-0.2, 0) is 24.0 Å². The van der Waals surface area contributed by atoms with Gasteiger partial charge in [-0.1, -0.05) is 52.7 Å². The fourth-order valence-corrected chi connectivity index (χ4v) is 2.98. The number of ether oxygens (including phenoxy) is 1. The molecule has 0 saturated heterocycles. The zero-order valence-electron chi connectivity index (χ0n) is 15.1. The molecule has 1 aromatic rings. The van der Waals surface area contributed by atoms with Crippen LogP contribution in [0.15, 0.2) is 25.0 Å². The van der Waals surface area contributed by atoms with Gasteiger partial charge in [-0.3, -0.25) is 0 Å². The molecule has 2 nitrogen and oxygen atoms in total. The van der Waals surface area contributed by atoms with E-state index in [0.29, 0.717) is 0 Å². The minimum Gasteiger partial charge on any atom is -0.432 e. The lowest BCUT2D eigenvalue weighted by molar-refractivity contribution is 0.0662. The van der Waals surface area contributed by atoms with E-state index >= 15 is 0 Å². The summed E-state index contributed by atoms with van der Waals surface area (Å²) < 4.78 is 5.05. The summed E-state index contributed by atoms with van der Waals surface area (Å²) in [6.07, 6.45) is 11.3. The molecule has 0 N–H and O–H groups in total. The first-order valence-corrected chi connectivity index (χ1v) is 9.14. The van der Waals surface area contributed by atoms with Gasteiger partial charge in [-0.15, -0.1) is 0 Å². The second-order valence-electron chi connectivity index (χ2n) is 6.11. The van der Waals surface area contributed by atoms with E-state index in [9.17, 15) is 4.79 Å². The lowest BCUT2D eigenvalue weighted by Crippen LogP contribution is -2.11. The summed E-state index contributed by atoms with van der Waals surface area (Å²) in [7, 11) is 0. The lowest BCUT2D eigenvalue weighted by Gasteiger charge is -2.18. The third-order valence-corrected chi connectivity index (χ3v) is 4.30. The molecule has 0 unspecified atom stereocenters. The fraction of sp³-hybridized carbons (Fsp3) is 0.571. The van der Waals surface area contributed by atoms with Gasteiger partial charge < -0.3 is 4.74 Å². The van der Waals surface area contributed by atoms with Crippen LogP contribution >= 0.6 is 0 Å². The monoisotopic (exact) mass is 316 g/mol. The van der Waals surface area contributed by atoms with Crippen molar-refractivity contribution < 1.29 is 9.53 Å². The fourth-order valence-electron chi connectivity index (χ4n) is 2.98. The highest BCUT2D eigenvalue weighted by molar-refractivity contribution is 5.92. The van der Waals surface area contributed by atoms with E-state index in [1.165, 1.54) is 42.2 Å². The van der Waals surface area contributed by atoms with Gasteiger partial charge >= 0.3 is 5.97 Å². The Kier molecular flexibility index (Phi) is 9.35. The maximum atomic E-state index is 12.3. The molecule has 23 heavy (non-hydrogen) atoms. The highest BCUT2D eigenvalue weighted by Gasteiger charge is 2.18. The molecule has 128 valence electrons. The SMILES string of the molecule is C=COC(=O)c1ccc(CCCC)c(CCCC)c1CCCC. The van der Waals surface area contributed by atoms with E-state index in [0.717, 1.165) is 44.1 Å². The molecule has 0 spiro atoms. The molecule has 0 radical (unpaired) electrons. The summed E-state index contributed by atoms with van der Waals surface area (Å²) in [4.78, 5) is 12.3. The van der Waals surface area contributed by atoms with Crippen molar-refractivity contribution in [3.8, 4) is 0 Å². The van der Waals surface area contributed by atoms with Crippen LogP contribution in [0.3, 0.4) is 0 Å². The predicted octanol–water partition coefficient (Wildman–Crippen LogP) is 6.01. The van der Waals surface area contributed by atoms with Crippen molar-refractivity contribution >= 4 is 5.97 Å². The molecule has 0 fully saturated rings. The summed E-state index contributed by atoms with van der Waals surface area (Å²) >= 11 is 0. The van der Waals surface area contributed by atoms with Gasteiger partial charge in [0.1, 0.15) is 0 Å². The van der Waals surface area contributed by atoms with Crippen molar-refractivity contribution in [2.45, 2.75) is 78.6 Å². The quantitative estimate of drug-likeness (QED) is 0.369. The van der Waals surface area contributed by atoms with Gasteiger partial charge in [-0.25, -0.2) is 4.79 Å². The second kappa shape index (κ2) is 11.0. The zero-order chi connectivity index (χ0) is 17.1. The summed E-state index contributed by atoms with van der Waals surface area (Å²) in [5.41, 5.74) is 4.75. The first-order chi connectivity index (χ1) is 11.2. The van der Waals surface area contributed by atoms with Crippen LogP contribution in [0, 0.1) is 0 Å². The Morgan fingerprint density at radius 3 is 2.09 bits per heavy atom. The van der Waals surface area contributed by atoms with Gasteiger partial charge in [-0.05, 0) is 61.3 Å². The Hall–Kier alpha value is -1.57. The standard InChI is InChI=1S/C21H32O2/c1-5-9-12-17-15-16-20(21(22)23-8-4)19(14-11-7-3)18(17)13-10-6-2/h8,15-16H,4-7,9-14H2,1-3H3. The third-order valence-electron chi connectivity index (χ3n) is 4.30. The largest absolute Gasteiger partial charge is 0.432 e. The van der Waals surface area contributed by atoms with Crippen LogP contribution in [0.25, 0.3) is 0 Å². The molecule has 0 aliphatic rings. The van der Waals surface area contributed by atoms with E-state index in [1.54, 1.807) is 0 Å². The molecule has 0 heterocycles. The van der Waals surface area contributed by atoms with E-state index in [2.05, 4.69) is 33.4 Å². The molecule has 0 saturated carbocycles. The van der Waals surface area contributed by atoms with Crippen molar-refractivity contribution in [1.29, 1.82) is 0 Å². The van der Waals surface area contributed by atoms with Crippen LogP contribution in [0.1, 0.15) is 86.3 Å². The highest BCUT2D eigenvalue weighted by atomic mass is 16.5. The highest BCUT2D eigenvalue weighted by Crippen LogP contribution is 2.26. The molecule has 0 bridgehead atoms. The average Bonchev–Trinajstić information content (AvgIpc) is 2.56. The number of esters is 1. The number of aryl methyl sites for hydroxylation is 1. The number of unbranched alkanes of at least 4 members (excludes halogenated alkanes) is 3. The van der Waals surface area contributed by atoms with Crippen LogP contribution in [0.5, 0.6) is 0 Å². The van der Waals surface area contributed by atoms with E-state index in [4.69, 9.17) is 4.74 Å². The average molecular weight is 316 g/mol. The van der Waals surface area contributed by atoms with Crippen molar-refractivity contribution in [3.63, 3.8) is 0 Å². The van der Waals surface area contributed by atoms with Crippen LogP contribution in [0.2, 0.25) is 0 Å². The lowest BCUT2D eigenvalue weighted by atomic mass is 9.87. The van der Waals surface area contributed by atoms with Crippen LogP contribution < -0.4 is 0 Å². The van der Waals surface area contributed by atoms with Crippen molar-refractivity contribution in [3.05, 3.63) is 47.2 Å². The Bertz CT molecular complexity index is 503. The normalized spacial score (nSPS) is 10.6. The Morgan fingerprint density at radius 2 is 1.52 bits per heavy atom. The number of hydrogen-bond acceptors (Lipinski definition) is 2. The summed E-state index contributed by atoms with van der Waals surface area (Å²) in [6.45, 7) is 10.1. The molecule has 2 heteroatoms. The van der Waals surface area contributed by atoms with Gasteiger partial charge in [0.05, 0.1) is 11.8 Å². The molecule has 0 aliphatic heterocycles. The Balaban J connectivity index is 3.28. The van der Waals surface area contributed by atoms with Crippen molar-refractivity contribution in [1.82, 2.24) is 0 Å². The Labute approximate surface area is 141 Å². The number of rotatable bonds is 11. The van der Waals surface area contributed by atoms with Crippen LogP contribution in [-0.4, -0.2) is 5.97 Å². The first-order valence-electron chi connectivity index (χ1n) is 9.14. The van der Waals surface area contributed by atoms with Crippen molar-refractivity contribution in [2.75, 3.05) is 0 Å². The number of carbonyl (C=O) groups is 1. The molecule has 0 aliphatic carbocycles. The topological polar surface area (TPSA) is 26.3 Å². The molecule has 0 amide bonds. The van der Waals surface area contributed by atoms with Crippen molar-refractivity contribution in [2.24, 2.45) is 0 Å². The summed E-state index contributed by atoms with van der Waals surface area (Å²) in [5, 5.41) is 0. The molecule has 0 atom stereocenters. The van der Waals surface area contributed by atoms with Crippen LogP contribution in [0.4, 0.5) is 0 Å². The molecular weight excluding hydrogens is 284 g/mol. The predicted molar refractivity (Wildman–Crippen MR) is 97.9 cm³/mol. The van der Waals surface area contributed by atoms with Gasteiger partial charge in [0.25, 0.3) is 0 Å². The minimum absolute atomic E-state index is 0.272. The Morgan fingerprint density at radius 1 is 0.957 bits per heavy atom. The number of carbonyl (C=O) groups excluding carboxylic acids is 1. The third kappa shape index (κ3) is 5.85. The molecule has 0 aromatic heterocycles. The van der Waals surface area contributed by atoms with Gasteiger partial charge in [0.2, 0.25) is 0 Å². The number of hydrogen-bond donors (Lipinski definition) is 0. The zero-order valence-corrected chi connectivity index (χ0v) is 15.1. The van der Waals surface area contributed by atoms with E-state index in [1.807, 2.05) is 6.07 Å². The summed E-state index contributed by atoms with van der Waals surface area (Å²) in [5.74, 6) is -0.272.